The summed E-state index contributed by atoms with van der Waals surface area (Å²) in [6, 6.07) is 7.85. The van der Waals surface area contributed by atoms with Crippen LogP contribution in [-0.2, 0) is 18.5 Å². The van der Waals surface area contributed by atoms with Crippen molar-refractivity contribution in [2.45, 2.75) is 46.2 Å². The average Bonchev–Trinajstić information content (AvgIpc) is 3.20. The highest BCUT2D eigenvalue weighted by Crippen LogP contribution is 2.28. The lowest BCUT2D eigenvalue weighted by atomic mass is 10.1. The van der Waals surface area contributed by atoms with E-state index in [0.29, 0.717) is 18.3 Å². The Morgan fingerprint density at radius 3 is 2.40 bits per heavy atom. The third kappa shape index (κ3) is 3.75. The van der Waals surface area contributed by atoms with E-state index in [4.69, 9.17) is 10.3 Å². The first-order valence-corrected chi connectivity index (χ1v) is 8.15. The van der Waals surface area contributed by atoms with Crippen LogP contribution in [0, 0.1) is 0 Å². The van der Waals surface area contributed by atoms with Crippen LogP contribution in [0.3, 0.4) is 0 Å². The number of nitrogens with zero attached hydrogens (tertiary/aromatic N) is 4. The van der Waals surface area contributed by atoms with Gasteiger partial charge < -0.3 is 10.3 Å². The highest BCUT2D eigenvalue weighted by molar-refractivity contribution is 5.85. The average molecular weight is 362 g/mol. The molecule has 0 aliphatic carbocycles. The maximum absolute atomic E-state index is 5.63. The summed E-state index contributed by atoms with van der Waals surface area (Å²) in [6.07, 6.45) is 2.65. The number of halogens is 1. The fourth-order valence-electron chi connectivity index (χ4n) is 2.71. The van der Waals surface area contributed by atoms with Crippen molar-refractivity contribution in [2.75, 3.05) is 0 Å². The van der Waals surface area contributed by atoms with Crippen LogP contribution in [0.1, 0.15) is 39.0 Å². The van der Waals surface area contributed by atoms with E-state index in [-0.39, 0.29) is 17.9 Å². The maximum Gasteiger partial charge on any atom is 0.261 e. The van der Waals surface area contributed by atoms with Crippen molar-refractivity contribution in [1.29, 1.82) is 0 Å². The van der Waals surface area contributed by atoms with E-state index < -0.39 is 0 Å². The third-order valence-corrected chi connectivity index (χ3v) is 3.94. The topological polar surface area (TPSA) is 82.8 Å². The predicted octanol–water partition coefficient (Wildman–Crippen LogP) is 3.80. The number of benzene rings is 1. The second-order valence-electron chi connectivity index (χ2n) is 6.77. The molecule has 2 heterocycles. The summed E-state index contributed by atoms with van der Waals surface area (Å²) >= 11 is 0. The Morgan fingerprint density at radius 1 is 1.16 bits per heavy atom. The lowest BCUT2D eigenvalue weighted by Gasteiger charge is -2.22. The molecule has 0 saturated heterocycles. The Kier molecular flexibility index (Phi) is 5.65. The van der Waals surface area contributed by atoms with Gasteiger partial charge in [0.15, 0.2) is 0 Å². The third-order valence-electron chi connectivity index (χ3n) is 3.94. The van der Waals surface area contributed by atoms with Crippen molar-refractivity contribution in [3.8, 4) is 22.8 Å². The molecule has 1 aromatic carbocycles. The molecule has 0 fully saturated rings. The minimum atomic E-state index is -0.0928. The molecule has 6 nitrogen and oxygen atoms in total. The number of rotatable bonds is 4. The molecule has 0 amide bonds. The minimum Gasteiger partial charge on any atom is -0.333 e. The van der Waals surface area contributed by atoms with Crippen molar-refractivity contribution in [3.63, 3.8) is 0 Å². The molecule has 0 radical (unpaired) electrons. The molecule has 0 atom stereocenters. The van der Waals surface area contributed by atoms with E-state index in [1.54, 1.807) is 6.20 Å². The monoisotopic (exact) mass is 361 g/mol. The van der Waals surface area contributed by atoms with Crippen LogP contribution in [0.25, 0.3) is 22.8 Å². The molecule has 3 rings (SSSR count). The Morgan fingerprint density at radius 2 is 1.84 bits per heavy atom. The van der Waals surface area contributed by atoms with Crippen molar-refractivity contribution in [3.05, 3.63) is 41.7 Å². The van der Waals surface area contributed by atoms with Crippen LogP contribution in [0.15, 0.2) is 35.0 Å². The Bertz CT molecular complexity index is 830. The Balaban J connectivity index is 0.00000225. The fourth-order valence-corrected chi connectivity index (χ4v) is 2.71. The second-order valence-corrected chi connectivity index (χ2v) is 6.77. The molecule has 0 spiro atoms. The second kappa shape index (κ2) is 7.37. The van der Waals surface area contributed by atoms with Crippen LogP contribution in [0.4, 0.5) is 0 Å². The molecular weight excluding hydrogens is 338 g/mol. The van der Waals surface area contributed by atoms with Crippen molar-refractivity contribution in [2.24, 2.45) is 5.73 Å². The van der Waals surface area contributed by atoms with Gasteiger partial charge in [0.05, 0.1) is 23.0 Å². The fraction of sp³-hybridized carbons (Fsp3) is 0.389. The van der Waals surface area contributed by atoms with Gasteiger partial charge in [-0.3, -0.25) is 4.68 Å². The van der Waals surface area contributed by atoms with Gasteiger partial charge in [-0.1, -0.05) is 36.3 Å². The Hall–Kier alpha value is -2.18. The Labute approximate surface area is 153 Å². The lowest BCUT2D eigenvalue weighted by molar-refractivity contribution is 0.344. The van der Waals surface area contributed by atoms with Gasteiger partial charge in [0.1, 0.15) is 0 Å². The summed E-state index contributed by atoms with van der Waals surface area (Å²) in [6.45, 7) is 9.00. The van der Waals surface area contributed by atoms with E-state index >= 15 is 0 Å². The van der Waals surface area contributed by atoms with Gasteiger partial charge in [0.25, 0.3) is 5.89 Å². The van der Waals surface area contributed by atoms with Crippen molar-refractivity contribution < 1.29 is 4.52 Å². The maximum atomic E-state index is 5.63. The SMILES string of the molecule is CCc1c(-c2nc(-c3ccc(CN)cc3)no2)cnn1C(C)(C)C.Cl. The molecule has 0 aliphatic heterocycles. The number of hydrogen-bond acceptors (Lipinski definition) is 5. The largest absolute Gasteiger partial charge is 0.333 e. The van der Waals surface area contributed by atoms with Gasteiger partial charge >= 0.3 is 0 Å². The van der Waals surface area contributed by atoms with Crippen LogP contribution in [0.2, 0.25) is 0 Å². The molecule has 134 valence electrons. The molecule has 0 saturated carbocycles. The molecule has 25 heavy (non-hydrogen) atoms. The molecule has 3 aromatic rings. The van der Waals surface area contributed by atoms with E-state index in [1.165, 1.54) is 0 Å². The van der Waals surface area contributed by atoms with Crippen LogP contribution < -0.4 is 5.73 Å². The molecule has 0 bridgehead atoms. The summed E-state index contributed by atoms with van der Waals surface area (Å²) < 4.78 is 7.51. The van der Waals surface area contributed by atoms with E-state index in [0.717, 1.165) is 28.8 Å². The van der Waals surface area contributed by atoms with Gasteiger partial charge in [-0.15, -0.1) is 12.4 Å². The summed E-state index contributed by atoms with van der Waals surface area (Å²) in [4.78, 5) is 4.55. The van der Waals surface area contributed by atoms with E-state index in [9.17, 15) is 0 Å². The van der Waals surface area contributed by atoms with Gasteiger partial charge in [0.2, 0.25) is 5.82 Å². The first kappa shape index (κ1) is 19.1. The quantitative estimate of drug-likeness (QED) is 0.764. The summed E-state index contributed by atoms with van der Waals surface area (Å²) in [5.74, 6) is 1.07. The number of aromatic nitrogens is 4. The standard InChI is InChI=1S/C18H23N5O.ClH/c1-5-15-14(11-20-23(15)18(2,3)4)17-21-16(22-24-17)13-8-6-12(10-19)7-9-13;/h6-9,11H,5,10,19H2,1-4H3;1H. The van der Waals surface area contributed by atoms with E-state index in [2.05, 4.69) is 42.9 Å². The smallest absolute Gasteiger partial charge is 0.261 e. The summed E-state index contributed by atoms with van der Waals surface area (Å²) in [5.41, 5.74) is 9.50. The van der Waals surface area contributed by atoms with Crippen molar-refractivity contribution in [1.82, 2.24) is 19.9 Å². The van der Waals surface area contributed by atoms with Gasteiger partial charge in [0, 0.05) is 12.1 Å². The first-order chi connectivity index (χ1) is 11.4. The van der Waals surface area contributed by atoms with Crippen LogP contribution >= 0.6 is 12.4 Å². The van der Waals surface area contributed by atoms with Crippen LogP contribution in [-0.4, -0.2) is 19.9 Å². The predicted molar refractivity (Wildman–Crippen MR) is 100 cm³/mol. The summed E-state index contributed by atoms with van der Waals surface area (Å²) in [5, 5.41) is 8.63. The zero-order valence-corrected chi connectivity index (χ0v) is 15.8. The highest BCUT2D eigenvalue weighted by atomic mass is 35.5. The number of hydrogen-bond donors (Lipinski definition) is 1. The van der Waals surface area contributed by atoms with E-state index in [1.807, 2.05) is 28.9 Å². The molecule has 0 aliphatic rings. The van der Waals surface area contributed by atoms with Crippen LogP contribution in [0.5, 0.6) is 0 Å². The molecule has 0 unspecified atom stereocenters. The zero-order chi connectivity index (χ0) is 17.3. The lowest BCUT2D eigenvalue weighted by Crippen LogP contribution is -2.25. The molecule has 2 aromatic heterocycles. The van der Waals surface area contributed by atoms with Gasteiger partial charge in [-0.05, 0) is 32.8 Å². The summed E-state index contributed by atoms with van der Waals surface area (Å²) in [7, 11) is 0. The van der Waals surface area contributed by atoms with Gasteiger partial charge in [-0.2, -0.15) is 10.1 Å². The molecular formula is C18H24ClN5O. The molecule has 7 heteroatoms. The highest BCUT2D eigenvalue weighted by Gasteiger charge is 2.23. The zero-order valence-electron chi connectivity index (χ0n) is 15.0. The van der Waals surface area contributed by atoms with Gasteiger partial charge in [-0.25, -0.2) is 0 Å². The number of nitrogens with two attached hydrogens (primary N) is 1. The minimum absolute atomic E-state index is 0. The normalized spacial score (nSPS) is 11.4. The molecule has 2 N–H and O–H groups in total. The van der Waals surface area contributed by atoms with Crippen molar-refractivity contribution >= 4 is 12.4 Å². The first-order valence-electron chi connectivity index (χ1n) is 8.15.